The minimum atomic E-state index is -0.398. The highest BCUT2D eigenvalue weighted by molar-refractivity contribution is 8.14. The number of hydrogen-bond donors (Lipinski definition) is 0. The second-order valence-corrected chi connectivity index (χ2v) is 4.37. The van der Waals surface area contributed by atoms with Crippen molar-refractivity contribution in [3.63, 3.8) is 0 Å². The first-order valence-corrected chi connectivity index (χ1v) is 5.84. The molecule has 5 heteroatoms. The molecule has 1 aliphatic heterocycles. The lowest BCUT2D eigenvalue weighted by Crippen LogP contribution is -1.86. The van der Waals surface area contributed by atoms with E-state index < -0.39 is 4.92 Å². The molecule has 0 spiro atoms. The summed E-state index contributed by atoms with van der Waals surface area (Å²) in [5.74, 6) is 1.04. The molecule has 82 valence electrons. The molecular formula is C11H10N2O2S. The third-order valence-corrected chi connectivity index (χ3v) is 3.08. The number of nitro benzene ring substituents is 1. The van der Waals surface area contributed by atoms with Gasteiger partial charge in [0.2, 0.25) is 0 Å². The fourth-order valence-electron chi connectivity index (χ4n) is 1.33. The molecule has 0 aromatic heterocycles. The van der Waals surface area contributed by atoms with E-state index in [2.05, 4.69) is 4.99 Å². The fourth-order valence-corrected chi connectivity index (χ4v) is 2.07. The zero-order valence-corrected chi connectivity index (χ0v) is 9.31. The van der Waals surface area contributed by atoms with Crippen molar-refractivity contribution in [3.05, 3.63) is 46.0 Å². The van der Waals surface area contributed by atoms with Gasteiger partial charge in [0, 0.05) is 24.4 Å². The first-order chi connectivity index (χ1) is 7.75. The molecule has 2 rings (SSSR count). The van der Waals surface area contributed by atoms with E-state index in [1.165, 1.54) is 12.1 Å². The Bertz CT molecular complexity index is 452. The maximum Gasteiger partial charge on any atom is 0.269 e. The smallest absolute Gasteiger partial charge is 0.269 e. The predicted molar refractivity (Wildman–Crippen MR) is 66.9 cm³/mol. The summed E-state index contributed by atoms with van der Waals surface area (Å²) in [4.78, 5) is 14.3. The second kappa shape index (κ2) is 4.94. The third-order valence-electron chi connectivity index (χ3n) is 2.13. The molecule has 0 fully saturated rings. The summed E-state index contributed by atoms with van der Waals surface area (Å²) in [7, 11) is 0. The Labute approximate surface area is 97.2 Å². The van der Waals surface area contributed by atoms with Crippen LogP contribution < -0.4 is 0 Å². The van der Waals surface area contributed by atoms with Gasteiger partial charge >= 0.3 is 0 Å². The summed E-state index contributed by atoms with van der Waals surface area (Å²) < 4.78 is 0. The van der Waals surface area contributed by atoms with Crippen LogP contribution in [0, 0.1) is 10.1 Å². The van der Waals surface area contributed by atoms with Gasteiger partial charge in [0.05, 0.1) is 9.97 Å². The average molecular weight is 234 g/mol. The average Bonchev–Trinajstić information content (AvgIpc) is 2.80. The molecule has 0 saturated carbocycles. The molecule has 0 N–H and O–H groups in total. The van der Waals surface area contributed by atoms with Crippen LogP contribution in [0.1, 0.15) is 5.56 Å². The molecular weight excluding hydrogens is 224 g/mol. The van der Waals surface area contributed by atoms with Gasteiger partial charge in [-0.1, -0.05) is 6.08 Å². The highest BCUT2D eigenvalue weighted by Crippen LogP contribution is 2.16. The molecule has 0 amide bonds. The molecule has 0 aliphatic carbocycles. The van der Waals surface area contributed by atoms with Crippen LogP contribution in [-0.4, -0.2) is 22.3 Å². The summed E-state index contributed by atoms with van der Waals surface area (Å²) in [5, 5.41) is 11.5. The Kier molecular flexibility index (Phi) is 3.36. The van der Waals surface area contributed by atoms with Crippen molar-refractivity contribution in [1.82, 2.24) is 0 Å². The normalized spacial score (nSPS) is 15.4. The molecule has 1 aromatic carbocycles. The van der Waals surface area contributed by atoms with Gasteiger partial charge in [-0.15, -0.1) is 11.8 Å². The molecule has 1 heterocycles. The summed E-state index contributed by atoms with van der Waals surface area (Å²) in [6.07, 6.45) is 3.86. The third kappa shape index (κ3) is 2.70. The molecule has 16 heavy (non-hydrogen) atoms. The lowest BCUT2D eigenvalue weighted by molar-refractivity contribution is -0.384. The number of rotatable bonds is 3. The SMILES string of the molecule is O=[N+]([O-])c1ccc(/C=C\C2=NCCS2)cc1. The zero-order valence-electron chi connectivity index (χ0n) is 8.50. The summed E-state index contributed by atoms with van der Waals surface area (Å²) >= 11 is 1.72. The topological polar surface area (TPSA) is 55.5 Å². The Morgan fingerprint density at radius 3 is 2.62 bits per heavy atom. The lowest BCUT2D eigenvalue weighted by Gasteiger charge is -1.93. The zero-order chi connectivity index (χ0) is 11.4. The van der Waals surface area contributed by atoms with E-state index >= 15 is 0 Å². The van der Waals surface area contributed by atoms with Gasteiger partial charge in [0.15, 0.2) is 0 Å². The van der Waals surface area contributed by atoms with Crippen LogP contribution in [-0.2, 0) is 0 Å². The highest BCUT2D eigenvalue weighted by Gasteiger charge is 2.04. The minimum Gasteiger partial charge on any atom is -0.278 e. The lowest BCUT2D eigenvalue weighted by atomic mass is 10.2. The first kappa shape index (κ1) is 10.9. The summed E-state index contributed by atoms with van der Waals surface area (Å²) in [6, 6.07) is 6.47. The van der Waals surface area contributed by atoms with Crippen LogP contribution in [0.3, 0.4) is 0 Å². The van der Waals surface area contributed by atoms with E-state index in [1.807, 2.05) is 12.2 Å². The van der Waals surface area contributed by atoms with E-state index in [-0.39, 0.29) is 5.69 Å². The number of aliphatic imine (C=N–C) groups is 1. The van der Waals surface area contributed by atoms with Crippen molar-refractivity contribution in [2.45, 2.75) is 0 Å². The first-order valence-electron chi connectivity index (χ1n) is 4.85. The van der Waals surface area contributed by atoms with E-state index in [0.717, 1.165) is 22.9 Å². The maximum atomic E-state index is 10.4. The van der Waals surface area contributed by atoms with Crippen LogP contribution in [0.4, 0.5) is 5.69 Å². The molecule has 0 atom stereocenters. The summed E-state index contributed by atoms with van der Waals surface area (Å²) in [6.45, 7) is 0.880. The maximum absolute atomic E-state index is 10.4. The van der Waals surface area contributed by atoms with Crippen LogP contribution in [0.15, 0.2) is 35.3 Å². The van der Waals surface area contributed by atoms with Gasteiger partial charge in [-0.05, 0) is 23.8 Å². The monoisotopic (exact) mass is 234 g/mol. The van der Waals surface area contributed by atoms with Crippen LogP contribution in [0.2, 0.25) is 0 Å². The van der Waals surface area contributed by atoms with Gasteiger partial charge in [-0.3, -0.25) is 15.1 Å². The van der Waals surface area contributed by atoms with Gasteiger partial charge in [-0.25, -0.2) is 0 Å². The van der Waals surface area contributed by atoms with Crippen molar-refractivity contribution in [2.24, 2.45) is 4.99 Å². The van der Waals surface area contributed by atoms with Crippen molar-refractivity contribution < 1.29 is 4.92 Å². The van der Waals surface area contributed by atoms with Crippen LogP contribution in [0.25, 0.3) is 6.08 Å². The molecule has 0 radical (unpaired) electrons. The van der Waals surface area contributed by atoms with E-state index in [1.54, 1.807) is 23.9 Å². The number of non-ortho nitro benzene ring substituents is 1. The van der Waals surface area contributed by atoms with Gasteiger partial charge in [0.25, 0.3) is 5.69 Å². The molecule has 0 saturated heterocycles. The quantitative estimate of drug-likeness (QED) is 0.597. The number of nitro groups is 1. The number of nitrogens with zero attached hydrogens (tertiary/aromatic N) is 2. The number of thioether (sulfide) groups is 1. The van der Waals surface area contributed by atoms with Gasteiger partial charge in [0.1, 0.15) is 0 Å². The number of benzene rings is 1. The van der Waals surface area contributed by atoms with Crippen molar-refractivity contribution in [2.75, 3.05) is 12.3 Å². The van der Waals surface area contributed by atoms with Crippen molar-refractivity contribution >= 4 is 28.6 Å². The predicted octanol–water partition coefficient (Wildman–Crippen LogP) is 2.75. The Morgan fingerprint density at radius 1 is 1.31 bits per heavy atom. The standard InChI is InChI=1S/C11H10N2O2S/c14-13(15)10-4-1-9(2-5-10)3-6-11-12-7-8-16-11/h1-6H,7-8H2/b6-3-. The molecule has 0 bridgehead atoms. The molecule has 4 nitrogen and oxygen atoms in total. The van der Waals surface area contributed by atoms with E-state index in [0.29, 0.717) is 0 Å². The van der Waals surface area contributed by atoms with Crippen molar-refractivity contribution in [1.29, 1.82) is 0 Å². The largest absolute Gasteiger partial charge is 0.278 e. The summed E-state index contributed by atoms with van der Waals surface area (Å²) in [5.41, 5.74) is 1.06. The number of hydrogen-bond acceptors (Lipinski definition) is 4. The van der Waals surface area contributed by atoms with Crippen LogP contribution >= 0.6 is 11.8 Å². The van der Waals surface area contributed by atoms with Crippen LogP contribution in [0.5, 0.6) is 0 Å². The highest BCUT2D eigenvalue weighted by atomic mass is 32.2. The fraction of sp³-hybridized carbons (Fsp3) is 0.182. The molecule has 1 aromatic rings. The second-order valence-electron chi connectivity index (χ2n) is 3.25. The van der Waals surface area contributed by atoms with Gasteiger partial charge < -0.3 is 0 Å². The van der Waals surface area contributed by atoms with Crippen molar-refractivity contribution in [3.8, 4) is 0 Å². The Balaban J connectivity index is 2.07. The van der Waals surface area contributed by atoms with Gasteiger partial charge in [-0.2, -0.15) is 0 Å². The Morgan fingerprint density at radius 2 is 2.06 bits per heavy atom. The minimum absolute atomic E-state index is 0.115. The molecule has 1 aliphatic rings. The van der Waals surface area contributed by atoms with E-state index in [4.69, 9.17) is 0 Å². The van der Waals surface area contributed by atoms with E-state index in [9.17, 15) is 10.1 Å². The Hall–Kier alpha value is -1.62. The molecule has 0 unspecified atom stereocenters.